The second kappa shape index (κ2) is 8.56. The molecule has 8 heteroatoms. The maximum atomic E-state index is 13.8. The zero-order valence-corrected chi connectivity index (χ0v) is 14.9. The topological polar surface area (TPSA) is 79.5 Å². The zero-order valence-electron chi connectivity index (χ0n) is 13.4. The van der Waals surface area contributed by atoms with Gasteiger partial charge in [0.2, 0.25) is 0 Å². The molecule has 0 aliphatic carbocycles. The van der Waals surface area contributed by atoms with Crippen LogP contribution in [0.3, 0.4) is 0 Å². The molecule has 2 aromatic rings. The SMILES string of the molecule is COc1cc(C=C(C#N)C(=O)O)cc(Cl)c1OCc1c(F)cccc1Cl. The number of hydrogen-bond donors (Lipinski definition) is 1. The first kappa shape index (κ1) is 19.6. The van der Waals surface area contributed by atoms with Crippen molar-refractivity contribution < 1.29 is 23.8 Å². The fourth-order valence-corrected chi connectivity index (χ4v) is 2.58. The van der Waals surface area contributed by atoms with E-state index in [1.165, 1.54) is 37.4 Å². The van der Waals surface area contributed by atoms with E-state index in [-0.39, 0.29) is 33.7 Å². The highest BCUT2D eigenvalue weighted by atomic mass is 35.5. The molecule has 0 spiro atoms. The van der Waals surface area contributed by atoms with E-state index in [0.717, 1.165) is 6.08 Å². The molecular formula is C18H12Cl2FNO4. The lowest BCUT2D eigenvalue weighted by molar-refractivity contribution is -0.132. The maximum absolute atomic E-state index is 13.8. The van der Waals surface area contributed by atoms with Crippen molar-refractivity contribution >= 4 is 35.2 Å². The normalized spacial score (nSPS) is 11.0. The number of nitrogens with zero attached hydrogens (tertiary/aromatic N) is 1. The smallest absolute Gasteiger partial charge is 0.346 e. The molecule has 0 saturated carbocycles. The Morgan fingerprint density at radius 3 is 2.65 bits per heavy atom. The van der Waals surface area contributed by atoms with E-state index in [4.69, 9.17) is 43.0 Å². The standard InChI is InChI=1S/C18H12Cl2FNO4/c1-25-16-7-10(5-11(8-22)18(23)24)6-14(20)17(16)26-9-12-13(19)3-2-4-15(12)21/h2-7H,9H2,1H3,(H,23,24). The van der Waals surface area contributed by atoms with Crippen LogP contribution in [0.2, 0.25) is 10.0 Å². The van der Waals surface area contributed by atoms with Crippen LogP contribution in [0.1, 0.15) is 11.1 Å². The number of aliphatic carboxylic acids is 1. The third-order valence-corrected chi connectivity index (χ3v) is 3.97. The second-order valence-corrected chi connectivity index (χ2v) is 5.81. The van der Waals surface area contributed by atoms with Crippen molar-refractivity contribution in [2.24, 2.45) is 0 Å². The fourth-order valence-electron chi connectivity index (χ4n) is 2.09. The summed E-state index contributed by atoms with van der Waals surface area (Å²) in [6, 6.07) is 8.69. The first-order chi connectivity index (χ1) is 12.4. The molecule has 0 bridgehead atoms. The lowest BCUT2D eigenvalue weighted by Crippen LogP contribution is -2.02. The van der Waals surface area contributed by atoms with Crippen LogP contribution in [0, 0.1) is 17.1 Å². The van der Waals surface area contributed by atoms with Gasteiger partial charge in [-0.15, -0.1) is 0 Å². The van der Waals surface area contributed by atoms with Gasteiger partial charge in [0.05, 0.1) is 17.2 Å². The monoisotopic (exact) mass is 395 g/mol. The largest absolute Gasteiger partial charge is 0.493 e. The van der Waals surface area contributed by atoms with Gasteiger partial charge in [-0.2, -0.15) is 5.26 Å². The van der Waals surface area contributed by atoms with Crippen LogP contribution >= 0.6 is 23.2 Å². The molecule has 1 N–H and O–H groups in total. The molecule has 26 heavy (non-hydrogen) atoms. The van der Waals surface area contributed by atoms with Gasteiger partial charge in [0, 0.05) is 5.56 Å². The second-order valence-electron chi connectivity index (χ2n) is 5.00. The summed E-state index contributed by atoms with van der Waals surface area (Å²) in [5.41, 5.74) is 0.0332. The quantitative estimate of drug-likeness (QED) is 0.565. The minimum atomic E-state index is -1.36. The number of ether oxygens (including phenoxy) is 2. The van der Waals surface area contributed by atoms with E-state index in [1.807, 2.05) is 0 Å². The van der Waals surface area contributed by atoms with Gasteiger partial charge in [-0.3, -0.25) is 0 Å². The number of carboxylic acids is 1. The van der Waals surface area contributed by atoms with Gasteiger partial charge in [0.15, 0.2) is 11.5 Å². The number of carbonyl (C=O) groups is 1. The van der Waals surface area contributed by atoms with E-state index in [1.54, 1.807) is 6.07 Å². The Hall–Kier alpha value is -2.75. The van der Waals surface area contributed by atoms with Crippen molar-refractivity contribution in [3.05, 3.63) is 62.9 Å². The summed E-state index contributed by atoms with van der Waals surface area (Å²) in [6.45, 7) is -0.185. The van der Waals surface area contributed by atoms with E-state index in [0.29, 0.717) is 5.56 Å². The molecule has 2 aromatic carbocycles. The van der Waals surface area contributed by atoms with Crippen LogP contribution in [-0.4, -0.2) is 18.2 Å². The minimum absolute atomic E-state index is 0.103. The Morgan fingerprint density at radius 1 is 1.35 bits per heavy atom. The summed E-state index contributed by atoms with van der Waals surface area (Å²) in [6.07, 6.45) is 1.15. The van der Waals surface area contributed by atoms with Gasteiger partial charge in [-0.25, -0.2) is 9.18 Å². The number of nitriles is 1. The zero-order chi connectivity index (χ0) is 19.3. The van der Waals surface area contributed by atoms with E-state index in [2.05, 4.69) is 0 Å². The third-order valence-electron chi connectivity index (χ3n) is 3.34. The molecule has 0 aromatic heterocycles. The molecule has 0 saturated heterocycles. The van der Waals surface area contributed by atoms with Gasteiger partial charge in [0.25, 0.3) is 0 Å². The predicted molar refractivity (Wildman–Crippen MR) is 95.0 cm³/mol. The van der Waals surface area contributed by atoms with Crippen LogP contribution in [0.5, 0.6) is 11.5 Å². The summed E-state index contributed by atoms with van der Waals surface area (Å²) in [7, 11) is 1.37. The first-order valence-corrected chi connectivity index (χ1v) is 7.91. The molecule has 2 rings (SSSR count). The summed E-state index contributed by atoms with van der Waals surface area (Å²) in [5, 5.41) is 18.1. The number of halogens is 3. The molecule has 0 atom stereocenters. The highest BCUT2D eigenvalue weighted by Gasteiger charge is 2.15. The van der Waals surface area contributed by atoms with Gasteiger partial charge in [0.1, 0.15) is 24.1 Å². The van der Waals surface area contributed by atoms with Gasteiger partial charge >= 0.3 is 5.97 Å². The summed E-state index contributed by atoms with van der Waals surface area (Å²) < 4.78 is 24.6. The molecule has 0 aliphatic rings. The lowest BCUT2D eigenvalue weighted by atomic mass is 10.1. The van der Waals surface area contributed by atoms with Crippen LogP contribution in [0.4, 0.5) is 4.39 Å². The third kappa shape index (κ3) is 4.45. The first-order valence-electron chi connectivity index (χ1n) is 7.15. The Labute approximate surface area is 158 Å². The molecule has 5 nitrogen and oxygen atoms in total. The Morgan fingerprint density at radius 2 is 2.08 bits per heavy atom. The van der Waals surface area contributed by atoms with Crippen molar-refractivity contribution in [2.75, 3.05) is 7.11 Å². The highest BCUT2D eigenvalue weighted by molar-refractivity contribution is 6.32. The summed E-state index contributed by atoms with van der Waals surface area (Å²) in [4.78, 5) is 10.9. The Bertz CT molecular complexity index is 902. The van der Waals surface area contributed by atoms with Crippen molar-refractivity contribution in [1.82, 2.24) is 0 Å². The van der Waals surface area contributed by atoms with Crippen molar-refractivity contribution in [3.8, 4) is 17.6 Å². The molecule has 0 aliphatic heterocycles. The van der Waals surface area contributed by atoms with Gasteiger partial charge in [-0.1, -0.05) is 29.3 Å². The van der Waals surface area contributed by atoms with Crippen LogP contribution in [0.15, 0.2) is 35.9 Å². The van der Waals surface area contributed by atoms with Gasteiger partial charge in [-0.05, 0) is 35.9 Å². The average Bonchev–Trinajstić information content (AvgIpc) is 2.59. The molecule has 0 amide bonds. The van der Waals surface area contributed by atoms with E-state index in [9.17, 15) is 9.18 Å². The fraction of sp³-hybridized carbons (Fsp3) is 0.111. The lowest BCUT2D eigenvalue weighted by Gasteiger charge is -2.14. The van der Waals surface area contributed by atoms with E-state index < -0.39 is 17.4 Å². The summed E-state index contributed by atoms with van der Waals surface area (Å²) in [5.74, 6) is -1.55. The van der Waals surface area contributed by atoms with E-state index >= 15 is 0 Å². The number of benzene rings is 2. The molecular weight excluding hydrogens is 384 g/mol. The Kier molecular flexibility index (Phi) is 6.45. The minimum Gasteiger partial charge on any atom is -0.493 e. The van der Waals surface area contributed by atoms with Crippen LogP contribution in [-0.2, 0) is 11.4 Å². The average molecular weight is 396 g/mol. The predicted octanol–water partition coefficient (Wildman–Crippen LogP) is 4.71. The molecule has 0 fully saturated rings. The maximum Gasteiger partial charge on any atom is 0.346 e. The number of hydrogen-bond acceptors (Lipinski definition) is 4. The van der Waals surface area contributed by atoms with Crippen molar-refractivity contribution in [1.29, 1.82) is 5.26 Å². The van der Waals surface area contributed by atoms with Crippen LogP contribution < -0.4 is 9.47 Å². The molecule has 134 valence electrons. The Balaban J connectivity index is 2.36. The molecule has 0 radical (unpaired) electrons. The summed E-state index contributed by atoms with van der Waals surface area (Å²) >= 11 is 12.1. The van der Waals surface area contributed by atoms with Crippen LogP contribution in [0.25, 0.3) is 6.08 Å². The number of rotatable bonds is 6. The molecule has 0 unspecified atom stereocenters. The van der Waals surface area contributed by atoms with Gasteiger partial charge < -0.3 is 14.6 Å². The van der Waals surface area contributed by atoms with Crippen molar-refractivity contribution in [3.63, 3.8) is 0 Å². The highest BCUT2D eigenvalue weighted by Crippen LogP contribution is 2.38. The molecule has 0 heterocycles. The van der Waals surface area contributed by atoms with Crippen molar-refractivity contribution in [2.45, 2.75) is 6.61 Å². The number of methoxy groups -OCH3 is 1. The number of carboxylic acid groups (broad SMARTS) is 1.